The summed E-state index contributed by atoms with van der Waals surface area (Å²) in [6.07, 6.45) is 0. The smallest absolute Gasteiger partial charge is 0.189 e. The molecular formula is C88H64N12. The molecule has 12 nitrogen and oxygen atoms in total. The van der Waals surface area contributed by atoms with Crippen LogP contribution in [0.4, 0.5) is 11.4 Å². The zero-order valence-corrected chi connectivity index (χ0v) is 56.5. The lowest BCUT2D eigenvalue weighted by Crippen LogP contribution is -2.03. The Morgan fingerprint density at radius 3 is 0.890 bits per heavy atom. The van der Waals surface area contributed by atoms with Crippen molar-refractivity contribution in [2.75, 3.05) is 0 Å². The standard InChI is InChI=1S/2C44H32N6/c1-26-14-20-40-36(22-26)32-10-6-8-12-38(32)49(40)42-24-30(44-47-28(3)46-29(4)48-44)16-18-34(42)35-19-17-31(45-5)25-43(35)50-39-13-9-7-11-33(39)37-23-27(2)15-21-41(37)50;1-26-14-19-40-35(22-26)32-10-6-8-12-38(32)49(40)42-21-17-31(45-5)25-37(42)34-18-16-30(44-47-28(3)46-29(4)48-44)24-43(34)50-39-13-9-7-11-33(39)36-23-27(2)15-20-41(36)50/h2*6-25H,1-4H3. The van der Waals surface area contributed by atoms with Gasteiger partial charge in [0, 0.05) is 76.6 Å². The lowest BCUT2D eigenvalue weighted by atomic mass is 9.98. The number of para-hydroxylation sites is 4. The third kappa shape index (κ3) is 10.1. The molecular weight excluding hydrogens is 1230 g/mol. The van der Waals surface area contributed by atoms with E-state index in [9.17, 15) is 0 Å². The van der Waals surface area contributed by atoms with E-state index < -0.39 is 0 Å². The lowest BCUT2D eigenvalue weighted by Gasteiger charge is -2.20. The summed E-state index contributed by atoms with van der Waals surface area (Å²) in [5.41, 5.74) is 24.6. The highest BCUT2D eigenvalue weighted by Gasteiger charge is 2.25. The summed E-state index contributed by atoms with van der Waals surface area (Å²) in [6, 6.07) is 85.9. The van der Waals surface area contributed by atoms with E-state index in [1.54, 1.807) is 0 Å². The van der Waals surface area contributed by atoms with E-state index in [-0.39, 0.29) is 0 Å². The van der Waals surface area contributed by atoms with Crippen molar-refractivity contribution in [1.29, 1.82) is 0 Å². The highest BCUT2D eigenvalue weighted by Crippen LogP contribution is 2.46. The number of aromatic nitrogens is 10. The minimum Gasteiger partial charge on any atom is -0.310 e. The molecule has 0 saturated carbocycles. The fraction of sp³-hybridized carbons (Fsp3) is 0.0909. The van der Waals surface area contributed by atoms with Crippen LogP contribution in [0.3, 0.4) is 0 Å². The van der Waals surface area contributed by atoms with Crippen molar-refractivity contribution in [1.82, 2.24) is 48.2 Å². The summed E-state index contributed by atoms with van der Waals surface area (Å²) in [6.45, 7) is 32.2. The number of benzene rings is 12. The summed E-state index contributed by atoms with van der Waals surface area (Å²) in [5, 5.41) is 9.53. The fourth-order valence-corrected chi connectivity index (χ4v) is 15.0. The molecule has 0 bridgehead atoms. The average Bonchev–Trinajstić information content (AvgIpc) is 1.56. The van der Waals surface area contributed by atoms with Crippen LogP contribution < -0.4 is 0 Å². The van der Waals surface area contributed by atoms with Crippen LogP contribution in [-0.2, 0) is 0 Å². The molecule has 18 rings (SSSR count). The summed E-state index contributed by atoms with van der Waals surface area (Å²) in [5.74, 6) is 4.00. The first-order valence-corrected chi connectivity index (χ1v) is 33.5. The Bertz CT molecular complexity index is 6520. The zero-order chi connectivity index (χ0) is 68.2. The van der Waals surface area contributed by atoms with E-state index in [4.69, 9.17) is 33.1 Å². The van der Waals surface area contributed by atoms with Crippen molar-refractivity contribution < 1.29 is 0 Å². The fourth-order valence-electron chi connectivity index (χ4n) is 15.0. The van der Waals surface area contributed by atoms with E-state index in [2.05, 4.69) is 284 Å². The van der Waals surface area contributed by atoms with Crippen molar-refractivity contribution in [3.8, 4) is 67.8 Å². The average molecular weight is 1290 g/mol. The molecule has 0 N–H and O–H groups in total. The van der Waals surface area contributed by atoms with Gasteiger partial charge in [0.1, 0.15) is 23.3 Å². The number of hydrogen-bond acceptors (Lipinski definition) is 6. The van der Waals surface area contributed by atoms with Gasteiger partial charge in [0.15, 0.2) is 23.0 Å². The highest BCUT2D eigenvalue weighted by atomic mass is 15.1. The van der Waals surface area contributed by atoms with Gasteiger partial charge < -0.3 is 18.3 Å². The Kier molecular flexibility index (Phi) is 14.5. The molecule has 12 heteroatoms. The molecule has 0 aliphatic rings. The zero-order valence-electron chi connectivity index (χ0n) is 56.5. The first-order chi connectivity index (χ1) is 48.7. The largest absolute Gasteiger partial charge is 0.310 e. The van der Waals surface area contributed by atoms with E-state index in [0.717, 1.165) is 100 Å². The van der Waals surface area contributed by atoms with E-state index in [0.29, 0.717) is 46.3 Å². The number of nitrogens with zero attached hydrogens (tertiary/aromatic N) is 12. The molecule has 12 aromatic carbocycles. The van der Waals surface area contributed by atoms with Crippen molar-refractivity contribution in [2.24, 2.45) is 0 Å². The van der Waals surface area contributed by atoms with Gasteiger partial charge in [-0.15, -0.1) is 0 Å². The van der Waals surface area contributed by atoms with Gasteiger partial charge >= 0.3 is 0 Å². The van der Waals surface area contributed by atoms with E-state index in [1.807, 2.05) is 52.0 Å². The highest BCUT2D eigenvalue weighted by molar-refractivity contribution is 6.14. The van der Waals surface area contributed by atoms with Crippen LogP contribution in [-0.4, -0.2) is 48.2 Å². The monoisotopic (exact) mass is 1290 g/mol. The number of fused-ring (bicyclic) bond motifs is 12. The third-order valence-corrected chi connectivity index (χ3v) is 19.3. The summed E-state index contributed by atoms with van der Waals surface area (Å²) in [4.78, 5) is 35.7. The Labute approximate surface area is 577 Å². The van der Waals surface area contributed by atoms with Crippen LogP contribution >= 0.6 is 0 Å². The van der Waals surface area contributed by atoms with Gasteiger partial charge in [-0.25, -0.2) is 39.6 Å². The predicted molar refractivity (Wildman–Crippen MR) is 409 cm³/mol. The lowest BCUT2D eigenvalue weighted by molar-refractivity contribution is 0.927. The normalized spacial score (nSPS) is 11.6. The Morgan fingerprint density at radius 1 is 0.240 bits per heavy atom. The molecule has 476 valence electrons. The van der Waals surface area contributed by atoms with Gasteiger partial charge in [-0.3, -0.25) is 0 Å². The van der Waals surface area contributed by atoms with Crippen LogP contribution in [0.1, 0.15) is 45.6 Å². The molecule has 0 unspecified atom stereocenters. The molecule has 0 fully saturated rings. The SMILES string of the molecule is [C-]#[N+]c1ccc(-c2ccc(-c3nc(C)nc(C)n3)cc2-n2c3ccccc3c3cc(C)ccc32)c(-n2c3ccccc3c3cc(C)ccc32)c1.[C-]#[N+]c1ccc(-n2c3ccccc3c3cc(C)ccc32)c(-c2ccc(-c3nc(C)nc(C)n3)cc2-n2c3ccccc3c3cc(C)ccc32)c1. The third-order valence-electron chi connectivity index (χ3n) is 19.3. The van der Waals surface area contributed by atoms with Gasteiger partial charge in [-0.1, -0.05) is 162 Å². The van der Waals surface area contributed by atoms with Crippen LogP contribution in [0.5, 0.6) is 0 Å². The Morgan fingerprint density at radius 2 is 0.530 bits per heavy atom. The molecule has 0 atom stereocenters. The molecule has 6 heterocycles. The molecule has 0 aliphatic heterocycles. The maximum atomic E-state index is 8.04. The number of aryl methyl sites for hydroxylation is 8. The van der Waals surface area contributed by atoms with E-state index >= 15 is 0 Å². The first-order valence-electron chi connectivity index (χ1n) is 33.5. The molecule has 0 saturated heterocycles. The van der Waals surface area contributed by atoms with Crippen LogP contribution in [0.2, 0.25) is 0 Å². The van der Waals surface area contributed by atoms with Gasteiger partial charge in [-0.2, -0.15) is 0 Å². The summed E-state index contributed by atoms with van der Waals surface area (Å²) < 4.78 is 9.39. The van der Waals surface area contributed by atoms with Gasteiger partial charge in [0.05, 0.1) is 74.3 Å². The second kappa shape index (κ2) is 23.9. The molecule has 0 aliphatic carbocycles. The molecule has 18 aromatic rings. The van der Waals surface area contributed by atoms with Gasteiger partial charge in [0.2, 0.25) is 0 Å². The van der Waals surface area contributed by atoms with E-state index in [1.165, 1.54) is 65.3 Å². The second-order valence-electron chi connectivity index (χ2n) is 26.1. The van der Waals surface area contributed by atoms with Crippen molar-refractivity contribution in [2.45, 2.75) is 55.4 Å². The van der Waals surface area contributed by atoms with Crippen LogP contribution in [0.15, 0.2) is 243 Å². The molecule has 0 amide bonds. The molecule has 0 radical (unpaired) electrons. The Balaban J connectivity index is 0.000000150. The van der Waals surface area contributed by atoms with Crippen molar-refractivity contribution in [3.63, 3.8) is 0 Å². The number of hydrogen-bond donors (Lipinski definition) is 0. The Hall–Kier alpha value is -13.2. The van der Waals surface area contributed by atoms with Crippen LogP contribution in [0.25, 0.3) is 165 Å². The maximum Gasteiger partial charge on any atom is 0.189 e. The van der Waals surface area contributed by atoms with Crippen LogP contribution in [0, 0.1) is 68.5 Å². The molecule has 100 heavy (non-hydrogen) atoms. The molecule has 6 aromatic heterocycles. The minimum atomic E-state index is 0.581. The maximum absolute atomic E-state index is 8.04. The van der Waals surface area contributed by atoms with Gasteiger partial charge in [0.25, 0.3) is 0 Å². The summed E-state index contributed by atoms with van der Waals surface area (Å²) in [7, 11) is 0. The second-order valence-corrected chi connectivity index (χ2v) is 26.1. The van der Waals surface area contributed by atoms with Gasteiger partial charge in [-0.05, 0) is 164 Å². The topological polar surface area (TPSA) is 106 Å². The van der Waals surface area contributed by atoms with Crippen molar-refractivity contribution in [3.05, 3.63) is 311 Å². The minimum absolute atomic E-state index is 0.581. The quantitative estimate of drug-likeness (QED) is 0.140. The first kappa shape index (κ1) is 60.5. The molecule has 0 spiro atoms. The predicted octanol–water partition coefficient (Wildman–Crippen LogP) is 22.4. The summed E-state index contributed by atoms with van der Waals surface area (Å²) >= 11 is 0. The van der Waals surface area contributed by atoms with Crippen molar-refractivity contribution >= 4 is 98.6 Å². The number of rotatable bonds is 8.